The second-order valence-electron chi connectivity index (χ2n) is 6.33. The Labute approximate surface area is 140 Å². The number of piperazine rings is 1. The number of aliphatic carboxylic acids is 1. The van der Waals surface area contributed by atoms with E-state index in [0.29, 0.717) is 56.3 Å². The number of amides is 1. The number of hydrogen-bond acceptors (Lipinski definition) is 6. The standard InChI is InChI=1S/C16H22N4O4/c1-11-13(9-17-12(2)18-11)14(21)19-4-6-20(7-5-19)16(15(22)23)3-8-24-10-16/h9H,3-8,10H2,1-2H3,(H,22,23). The summed E-state index contributed by atoms with van der Waals surface area (Å²) < 4.78 is 5.33. The average Bonchev–Trinajstić information content (AvgIpc) is 3.05. The minimum absolute atomic E-state index is 0.0980. The van der Waals surface area contributed by atoms with Crippen LogP contribution in [-0.2, 0) is 9.53 Å². The van der Waals surface area contributed by atoms with Crippen LogP contribution < -0.4 is 0 Å². The van der Waals surface area contributed by atoms with E-state index < -0.39 is 11.5 Å². The van der Waals surface area contributed by atoms with Gasteiger partial charge >= 0.3 is 5.97 Å². The molecule has 2 aliphatic heterocycles. The van der Waals surface area contributed by atoms with Crippen molar-refractivity contribution in [2.24, 2.45) is 0 Å². The van der Waals surface area contributed by atoms with E-state index in [-0.39, 0.29) is 12.5 Å². The number of carboxylic acid groups (broad SMARTS) is 1. The molecular formula is C16H22N4O4. The molecule has 2 saturated heterocycles. The van der Waals surface area contributed by atoms with Gasteiger partial charge in [-0.1, -0.05) is 0 Å². The Morgan fingerprint density at radius 2 is 1.96 bits per heavy atom. The zero-order valence-electron chi connectivity index (χ0n) is 14.0. The van der Waals surface area contributed by atoms with Gasteiger partial charge in [0.15, 0.2) is 0 Å². The Morgan fingerprint density at radius 1 is 1.25 bits per heavy atom. The fourth-order valence-corrected chi connectivity index (χ4v) is 3.41. The Kier molecular flexibility index (Phi) is 4.51. The van der Waals surface area contributed by atoms with E-state index in [9.17, 15) is 14.7 Å². The highest BCUT2D eigenvalue weighted by molar-refractivity contribution is 5.95. The number of rotatable bonds is 3. The molecule has 0 aromatic carbocycles. The zero-order chi connectivity index (χ0) is 17.3. The Morgan fingerprint density at radius 3 is 2.50 bits per heavy atom. The monoisotopic (exact) mass is 334 g/mol. The lowest BCUT2D eigenvalue weighted by Crippen LogP contribution is -2.61. The smallest absolute Gasteiger partial charge is 0.326 e. The maximum absolute atomic E-state index is 12.7. The number of carbonyl (C=O) groups is 2. The zero-order valence-corrected chi connectivity index (χ0v) is 14.0. The van der Waals surface area contributed by atoms with Gasteiger partial charge in [0.1, 0.15) is 11.4 Å². The van der Waals surface area contributed by atoms with Crippen molar-refractivity contribution in [2.75, 3.05) is 39.4 Å². The van der Waals surface area contributed by atoms with Crippen molar-refractivity contribution in [3.05, 3.63) is 23.3 Å². The summed E-state index contributed by atoms with van der Waals surface area (Å²) in [6.07, 6.45) is 2.05. The van der Waals surface area contributed by atoms with Crippen molar-refractivity contribution in [1.82, 2.24) is 19.8 Å². The lowest BCUT2D eigenvalue weighted by atomic mass is 9.95. The fourth-order valence-electron chi connectivity index (χ4n) is 3.41. The summed E-state index contributed by atoms with van der Waals surface area (Å²) in [6.45, 7) is 6.28. The van der Waals surface area contributed by atoms with Crippen LogP contribution >= 0.6 is 0 Å². The quantitative estimate of drug-likeness (QED) is 0.837. The molecule has 1 N–H and O–H groups in total. The number of nitrogens with zero attached hydrogens (tertiary/aromatic N) is 4. The Bertz CT molecular complexity index is 649. The van der Waals surface area contributed by atoms with Gasteiger partial charge < -0.3 is 14.7 Å². The van der Waals surface area contributed by atoms with Crippen LogP contribution in [0, 0.1) is 13.8 Å². The van der Waals surface area contributed by atoms with Gasteiger partial charge in [0.25, 0.3) is 5.91 Å². The second kappa shape index (κ2) is 6.45. The highest BCUT2D eigenvalue weighted by atomic mass is 16.5. The summed E-state index contributed by atoms with van der Waals surface area (Å²) in [7, 11) is 0. The third-order valence-electron chi connectivity index (χ3n) is 4.90. The topological polar surface area (TPSA) is 95.9 Å². The molecule has 24 heavy (non-hydrogen) atoms. The van der Waals surface area contributed by atoms with Crippen LogP contribution in [0.2, 0.25) is 0 Å². The van der Waals surface area contributed by atoms with Crippen molar-refractivity contribution in [3.63, 3.8) is 0 Å². The summed E-state index contributed by atoms with van der Waals surface area (Å²) in [6, 6.07) is 0. The number of aromatic nitrogens is 2. The molecule has 0 bridgehead atoms. The van der Waals surface area contributed by atoms with Crippen LogP contribution in [0.15, 0.2) is 6.20 Å². The predicted octanol–water partition coefficient (Wildman–Crippen LogP) is 0.0949. The first kappa shape index (κ1) is 16.8. The van der Waals surface area contributed by atoms with Gasteiger partial charge in [0.05, 0.1) is 17.9 Å². The maximum atomic E-state index is 12.7. The van der Waals surface area contributed by atoms with Gasteiger partial charge in [-0.2, -0.15) is 0 Å². The Balaban J connectivity index is 1.68. The first-order valence-electron chi connectivity index (χ1n) is 8.10. The third-order valence-corrected chi connectivity index (χ3v) is 4.90. The predicted molar refractivity (Wildman–Crippen MR) is 84.8 cm³/mol. The number of hydrogen-bond donors (Lipinski definition) is 1. The summed E-state index contributed by atoms with van der Waals surface area (Å²) in [5, 5.41) is 9.61. The molecular weight excluding hydrogens is 312 g/mol. The molecule has 8 heteroatoms. The first-order chi connectivity index (χ1) is 11.4. The highest BCUT2D eigenvalue weighted by Gasteiger charge is 2.48. The van der Waals surface area contributed by atoms with E-state index in [1.54, 1.807) is 24.9 Å². The van der Waals surface area contributed by atoms with E-state index in [4.69, 9.17) is 4.74 Å². The normalized spacial score (nSPS) is 25.0. The van der Waals surface area contributed by atoms with Crippen molar-refractivity contribution < 1.29 is 19.4 Å². The Hall–Kier alpha value is -2.06. The third kappa shape index (κ3) is 2.87. The molecule has 1 aromatic rings. The lowest BCUT2D eigenvalue weighted by molar-refractivity contribution is -0.152. The van der Waals surface area contributed by atoms with Gasteiger partial charge in [0, 0.05) is 45.4 Å². The van der Waals surface area contributed by atoms with Gasteiger partial charge in [-0.15, -0.1) is 0 Å². The summed E-state index contributed by atoms with van der Waals surface area (Å²) in [5.74, 6) is -0.305. The number of ether oxygens (including phenoxy) is 1. The van der Waals surface area contributed by atoms with E-state index in [2.05, 4.69) is 9.97 Å². The largest absolute Gasteiger partial charge is 0.480 e. The molecule has 0 aliphatic carbocycles. The van der Waals surface area contributed by atoms with Crippen LogP contribution in [0.1, 0.15) is 28.3 Å². The number of carbonyl (C=O) groups excluding carboxylic acids is 1. The van der Waals surface area contributed by atoms with Crippen molar-refractivity contribution >= 4 is 11.9 Å². The van der Waals surface area contributed by atoms with Gasteiger partial charge in [-0.25, -0.2) is 9.97 Å². The maximum Gasteiger partial charge on any atom is 0.326 e. The van der Waals surface area contributed by atoms with Gasteiger partial charge in [-0.3, -0.25) is 14.5 Å². The van der Waals surface area contributed by atoms with Crippen molar-refractivity contribution in [3.8, 4) is 0 Å². The molecule has 2 fully saturated rings. The van der Waals surface area contributed by atoms with Gasteiger partial charge in [-0.05, 0) is 13.8 Å². The second-order valence-corrected chi connectivity index (χ2v) is 6.33. The fraction of sp³-hybridized carbons (Fsp3) is 0.625. The van der Waals surface area contributed by atoms with Crippen LogP contribution in [0.25, 0.3) is 0 Å². The highest BCUT2D eigenvalue weighted by Crippen LogP contribution is 2.28. The molecule has 0 saturated carbocycles. The van der Waals surface area contributed by atoms with Crippen LogP contribution in [0.4, 0.5) is 0 Å². The molecule has 1 aromatic heterocycles. The van der Waals surface area contributed by atoms with E-state index in [1.165, 1.54) is 0 Å². The summed E-state index contributed by atoms with van der Waals surface area (Å²) in [4.78, 5) is 36.4. The number of carboxylic acids is 1. The molecule has 0 spiro atoms. The van der Waals surface area contributed by atoms with Crippen LogP contribution in [0.5, 0.6) is 0 Å². The summed E-state index contributed by atoms with van der Waals surface area (Å²) in [5.41, 5.74) is 0.227. The lowest BCUT2D eigenvalue weighted by Gasteiger charge is -2.42. The first-order valence-corrected chi connectivity index (χ1v) is 8.10. The molecule has 8 nitrogen and oxygen atoms in total. The molecule has 1 atom stereocenters. The van der Waals surface area contributed by atoms with Crippen molar-refractivity contribution in [1.29, 1.82) is 0 Å². The average molecular weight is 334 g/mol. The minimum Gasteiger partial charge on any atom is -0.480 e. The molecule has 1 amide bonds. The van der Waals surface area contributed by atoms with E-state index >= 15 is 0 Å². The van der Waals surface area contributed by atoms with E-state index in [0.717, 1.165) is 0 Å². The van der Waals surface area contributed by atoms with E-state index in [1.807, 2.05) is 4.90 Å². The molecule has 1 unspecified atom stereocenters. The molecule has 3 heterocycles. The van der Waals surface area contributed by atoms with Crippen molar-refractivity contribution in [2.45, 2.75) is 25.8 Å². The molecule has 2 aliphatic rings. The van der Waals surface area contributed by atoms with Crippen LogP contribution in [0.3, 0.4) is 0 Å². The molecule has 0 radical (unpaired) electrons. The molecule has 3 rings (SSSR count). The van der Waals surface area contributed by atoms with Crippen LogP contribution in [-0.4, -0.2) is 81.7 Å². The molecule has 130 valence electrons. The number of aryl methyl sites for hydroxylation is 2. The summed E-state index contributed by atoms with van der Waals surface area (Å²) >= 11 is 0. The minimum atomic E-state index is -0.946. The SMILES string of the molecule is Cc1ncc(C(=O)N2CCN(C3(C(=O)O)CCOC3)CC2)c(C)n1. The van der Waals surface area contributed by atoms with Gasteiger partial charge in [0.2, 0.25) is 0 Å².